The number of benzene rings is 1. The van der Waals surface area contributed by atoms with Crippen LogP contribution in [0, 0.1) is 19.3 Å². The molecule has 0 spiro atoms. The first-order valence-corrected chi connectivity index (χ1v) is 7.15. The molecule has 1 heterocycles. The maximum absolute atomic E-state index is 4.79. The van der Waals surface area contributed by atoms with E-state index in [4.69, 9.17) is 4.98 Å². The van der Waals surface area contributed by atoms with Gasteiger partial charge in [-0.15, -0.1) is 0 Å². The lowest BCUT2D eigenvalue weighted by Crippen LogP contribution is -2.12. The lowest BCUT2D eigenvalue weighted by Gasteiger charge is -2.26. The Morgan fingerprint density at radius 2 is 1.74 bits per heavy atom. The molecule has 0 radical (unpaired) electrons. The van der Waals surface area contributed by atoms with Crippen molar-refractivity contribution in [2.75, 3.05) is 0 Å². The van der Waals surface area contributed by atoms with E-state index in [0.717, 1.165) is 5.52 Å². The molecule has 0 aliphatic rings. The van der Waals surface area contributed by atoms with Gasteiger partial charge in [-0.1, -0.05) is 45.9 Å². The monoisotopic (exact) mass is 255 g/mol. The van der Waals surface area contributed by atoms with E-state index in [1.807, 2.05) is 0 Å². The molecule has 0 bridgehead atoms. The van der Waals surface area contributed by atoms with E-state index in [0.29, 0.717) is 11.3 Å². The minimum atomic E-state index is 0.351. The summed E-state index contributed by atoms with van der Waals surface area (Å²) in [5.74, 6) is 0.553. The molecular formula is C18H25N. The van der Waals surface area contributed by atoms with Crippen LogP contribution in [0.25, 0.3) is 10.9 Å². The molecule has 0 saturated carbocycles. The molecule has 0 N–H and O–H groups in total. The van der Waals surface area contributed by atoms with Gasteiger partial charge in [-0.2, -0.15) is 0 Å². The zero-order valence-electron chi connectivity index (χ0n) is 13.0. The van der Waals surface area contributed by atoms with Gasteiger partial charge in [0.1, 0.15) is 0 Å². The van der Waals surface area contributed by atoms with E-state index in [-0.39, 0.29) is 0 Å². The van der Waals surface area contributed by atoms with E-state index in [9.17, 15) is 0 Å². The maximum atomic E-state index is 4.79. The van der Waals surface area contributed by atoms with Crippen molar-refractivity contribution in [3.05, 3.63) is 41.1 Å². The number of para-hydroxylation sites is 1. The second-order valence-electron chi connectivity index (χ2n) is 6.92. The molecule has 2 rings (SSSR count). The molecule has 1 unspecified atom stereocenters. The number of pyridine rings is 1. The average molecular weight is 255 g/mol. The molecule has 2 aromatic rings. The molecule has 1 atom stereocenters. The lowest BCUT2D eigenvalue weighted by molar-refractivity contribution is 0.348. The Kier molecular flexibility index (Phi) is 3.66. The largest absolute Gasteiger partial charge is 0.253 e. The number of rotatable bonds is 2. The summed E-state index contributed by atoms with van der Waals surface area (Å²) in [7, 11) is 0. The van der Waals surface area contributed by atoms with Gasteiger partial charge in [0.05, 0.1) is 5.52 Å². The lowest BCUT2D eigenvalue weighted by atomic mass is 9.80. The van der Waals surface area contributed by atoms with E-state index in [1.165, 1.54) is 28.6 Å². The van der Waals surface area contributed by atoms with Crippen LogP contribution >= 0.6 is 0 Å². The topological polar surface area (TPSA) is 12.9 Å². The van der Waals surface area contributed by atoms with E-state index >= 15 is 0 Å². The van der Waals surface area contributed by atoms with Gasteiger partial charge in [0.15, 0.2) is 0 Å². The van der Waals surface area contributed by atoms with Crippen molar-refractivity contribution in [3.8, 4) is 0 Å². The van der Waals surface area contributed by atoms with Gasteiger partial charge in [-0.05, 0) is 48.8 Å². The molecule has 0 fully saturated rings. The van der Waals surface area contributed by atoms with Crippen LogP contribution in [-0.2, 0) is 0 Å². The van der Waals surface area contributed by atoms with Gasteiger partial charge in [0.2, 0.25) is 0 Å². The van der Waals surface area contributed by atoms with E-state index in [2.05, 4.69) is 65.8 Å². The van der Waals surface area contributed by atoms with Gasteiger partial charge >= 0.3 is 0 Å². The van der Waals surface area contributed by atoms with Crippen LogP contribution in [0.2, 0.25) is 0 Å². The van der Waals surface area contributed by atoms with Crippen LogP contribution < -0.4 is 0 Å². The zero-order valence-corrected chi connectivity index (χ0v) is 13.0. The minimum absolute atomic E-state index is 0.351. The summed E-state index contributed by atoms with van der Waals surface area (Å²) in [4.78, 5) is 4.79. The van der Waals surface area contributed by atoms with Gasteiger partial charge in [0, 0.05) is 11.1 Å². The van der Waals surface area contributed by atoms with Crippen molar-refractivity contribution < 1.29 is 0 Å². The second kappa shape index (κ2) is 4.96. The Morgan fingerprint density at radius 3 is 2.37 bits per heavy atom. The molecule has 0 aliphatic heterocycles. The summed E-state index contributed by atoms with van der Waals surface area (Å²) in [6.07, 6.45) is 1.19. The fraction of sp³-hybridized carbons (Fsp3) is 0.500. The number of hydrogen-bond donors (Lipinski definition) is 0. The summed E-state index contributed by atoms with van der Waals surface area (Å²) in [5, 5.41) is 1.30. The normalized spacial score (nSPS) is 13.8. The highest BCUT2D eigenvalue weighted by atomic mass is 14.7. The number of fused-ring (bicyclic) bond motifs is 1. The molecule has 1 nitrogen and oxygen atoms in total. The highest BCUT2D eigenvalue weighted by Gasteiger charge is 2.21. The molecule has 102 valence electrons. The minimum Gasteiger partial charge on any atom is -0.253 e. The first-order chi connectivity index (χ1) is 8.79. The van der Waals surface area contributed by atoms with Crippen LogP contribution in [0.1, 0.15) is 56.9 Å². The fourth-order valence-electron chi connectivity index (χ4n) is 3.29. The Morgan fingerprint density at radius 1 is 1.11 bits per heavy atom. The van der Waals surface area contributed by atoms with Crippen LogP contribution in [-0.4, -0.2) is 4.98 Å². The molecule has 0 saturated heterocycles. The number of aryl methyl sites for hydroxylation is 2. The Bertz CT molecular complexity index is 590. The Balaban J connectivity index is 2.54. The van der Waals surface area contributed by atoms with Gasteiger partial charge in [-0.25, -0.2) is 0 Å². The third-order valence-electron chi connectivity index (χ3n) is 3.80. The van der Waals surface area contributed by atoms with Gasteiger partial charge in [0.25, 0.3) is 0 Å². The third-order valence-corrected chi connectivity index (χ3v) is 3.80. The molecule has 1 aromatic carbocycles. The molecule has 0 amide bonds. The first-order valence-electron chi connectivity index (χ1n) is 7.15. The SMILES string of the molecule is Cc1nc2ccccc2c(C)c1C(C)CC(C)(C)C. The second-order valence-corrected chi connectivity index (χ2v) is 6.92. The highest BCUT2D eigenvalue weighted by Crippen LogP contribution is 2.35. The standard InChI is InChI=1S/C18H25N/c1-12(11-18(4,5)6)17-13(2)15-9-7-8-10-16(15)19-14(17)3/h7-10,12H,11H2,1-6H3. The summed E-state index contributed by atoms with van der Waals surface area (Å²) in [6, 6.07) is 8.45. The van der Waals surface area contributed by atoms with Crippen molar-refractivity contribution >= 4 is 10.9 Å². The highest BCUT2D eigenvalue weighted by molar-refractivity contribution is 5.83. The predicted octanol–water partition coefficient (Wildman–Crippen LogP) is 5.39. The van der Waals surface area contributed by atoms with Crippen molar-refractivity contribution in [1.82, 2.24) is 4.98 Å². The Labute approximate surface area is 117 Å². The van der Waals surface area contributed by atoms with Crippen molar-refractivity contribution in [2.45, 2.75) is 53.9 Å². The van der Waals surface area contributed by atoms with Crippen molar-refractivity contribution in [3.63, 3.8) is 0 Å². The Hall–Kier alpha value is -1.37. The summed E-state index contributed by atoms with van der Waals surface area (Å²) in [5.41, 5.74) is 5.50. The zero-order chi connectivity index (χ0) is 14.2. The van der Waals surface area contributed by atoms with Crippen LogP contribution in [0.15, 0.2) is 24.3 Å². The summed E-state index contributed by atoms with van der Waals surface area (Å²) < 4.78 is 0. The van der Waals surface area contributed by atoms with Crippen LogP contribution in [0.5, 0.6) is 0 Å². The number of aromatic nitrogens is 1. The first kappa shape index (κ1) is 14.0. The molecule has 1 aromatic heterocycles. The predicted molar refractivity (Wildman–Crippen MR) is 83.7 cm³/mol. The van der Waals surface area contributed by atoms with Gasteiger partial charge in [-0.3, -0.25) is 4.98 Å². The molecule has 1 heteroatoms. The van der Waals surface area contributed by atoms with Crippen LogP contribution in [0.3, 0.4) is 0 Å². The average Bonchev–Trinajstić information content (AvgIpc) is 2.26. The quantitative estimate of drug-likeness (QED) is 0.701. The fourth-order valence-corrected chi connectivity index (χ4v) is 3.29. The van der Waals surface area contributed by atoms with Crippen molar-refractivity contribution in [1.29, 1.82) is 0 Å². The smallest absolute Gasteiger partial charge is 0.0708 e. The molecular weight excluding hydrogens is 230 g/mol. The van der Waals surface area contributed by atoms with Gasteiger partial charge < -0.3 is 0 Å². The molecule has 19 heavy (non-hydrogen) atoms. The third kappa shape index (κ3) is 2.97. The maximum Gasteiger partial charge on any atom is 0.0708 e. The summed E-state index contributed by atoms with van der Waals surface area (Å²) >= 11 is 0. The number of hydrogen-bond acceptors (Lipinski definition) is 1. The molecule has 0 aliphatic carbocycles. The van der Waals surface area contributed by atoms with E-state index < -0.39 is 0 Å². The van der Waals surface area contributed by atoms with Crippen molar-refractivity contribution in [2.24, 2.45) is 5.41 Å². The summed E-state index contributed by atoms with van der Waals surface area (Å²) in [6.45, 7) is 13.6. The van der Waals surface area contributed by atoms with E-state index in [1.54, 1.807) is 0 Å². The van der Waals surface area contributed by atoms with Crippen LogP contribution in [0.4, 0.5) is 0 Å². The number of nitrogens with zero attached hydrogens (tertiary/aromatic N) is 1.